The molecule has 2 aliphatic rings. The molecule has 4 heteroatoms. The molecule has 2 rings (SSSR count). The van der Waals surface area contributed by atoms with Gasteiger partial charge in [0, 0.05) is 37.6 Å². The van der Waals surface area contributed by atoms with E-state index in [9.17, 15) is 0 Å². The fourth-order valence-electron chi connectivity index (χ4n) is 3.06. The van der Waals surface area contributed by atoms with E-state index in [2.05, 4.69) is 29.7 Å². The van der Waals surface area contributed by atoms with Gasteiger partial charge in [0.05, 0.1) is 19.3 Å². The molecule has 0 saturated carbocycles. The van der Waals surface area contributed by atoms with Crippen LogP contribution in [0.4, 0.5) is 0 Å². The molecule has 2 saturated heterocycles. The number of piperidine rings is 1. The smallest absolute Gasteiger partial charge is 0.0657 e. The molecule has 1 unspecified atom stereocenters. The Morgan fingerprint density at radius 2 is 1.94 bits per heavy atom. The highest BCUT2D eigenvalue weighted by molar-refractivity contribution is 4.97. The van der Waals surface area contributed by atoms with Crippen LogP contribution in [-0.4, -0.2) is 61.3 Å². The summed E-state index contributed by atoms with van der Waals surface area (Å²) in [7, 11) is 0. The zero-order chi connectivity index (χ0) is 13.0. The summed E-state index contributed by atoms with van der Waals surface area (Å²) in [5, 5.41) is 9.05. The Hall–Kier alpha value is -0.630. The molecule has 0 aromatic carbocycles. The average molecular weight is 251 g/mol. The maximum absolute atomic E-state index is 9.05. The number of nitrogens with zero attached hydrogens (tertiary/aromatic N) is 3. The van der Waals surface area contributed by atoms with Crippen LogP contribution < -0.4 is 0 Å². The molecule has 2 fully saturated rings. The van der Waals surface area contributed by atoms with Crippen LogP contribution in [0.5, 0.6) is 0 Å². The molecule has 1 atom stereocenters. The molecule has 0 bridgehead atoms. The normalized spacial score (nSPS) is 29.9. The summed E-state index contributed by atoms with van der Waals surface area (Å²) in [6, 6.07) is 2.43. The molecule has 0 aliphatic carbocycles. The second kappa shape index (κ2) is 6.01. The summed E-state index contributed by atoms with van der Waals surface area (Å²) in [5.41, 5.74) is 0.172. The highest BCUT2D eigenvalue weighted by Crippen LogP contribution is 2.30. The zero-order valence-electron chi connectivity index (χ0n) is 11.7. The van der Waals surface area contributed by atoms with Crippen molar-refractivity contribution in [2.24, 2.45) is 5.92 Å². The van der Waals surface area contributed by atoms with Gasteiger partial charge in [0.25, 0.3) is 0 Å². The van der Waals surface area contributed by atoms with Crippen LogP contribution in [0.3, 0.4) is 0 Å². The third-order valence-corrected chi connectivity index (χ3v) is 4.32. The van der Waals surface area contributed by atoms with E-state index in [0.29, 0.717) is 0 Å². The van der Waals surface area contributed by atoms with Gasteiger partial charge in [-0.1, -0.05) is 0 Å². The SMILES string of the molecule is CC1(C)CC(C#N)CCN1CCN1CCOCC1. The topological polar surface area (TPSA) is 39.5 Å². The van der Waals surface area contributed by atoms with Crippen LogP contribution in [0.2, 0.25) is 0 Å². The minimum absolute atomic E-state index is 0.172. The lowest BCUT2D eigenvalue weighted by Gasteiger charge is -2.45. The van der Waals surface area contributed by atoms with Crippen molar-refractivity contribution < 1.29 is 4.74 Å². The first-order chi connectivity index (χ1) is 8.62. The van der Waals surface area contributed by atoms with Gasteiger partial charge in [0.15, 0.2) is 0 Å². The number of rotatable bonds is 3. The van der Waals surface area contributed by atoms with Crippen LogP contribution in [0.1, 0.15) is 26.7 Å². The Morgan fingerprint density at radius 1 is 1.22 bits per heavy atom. The first-order valence-corrected chi connectivity index (χ1v) is 7.06. The van der Waals surface area contributed by atoms with Crippen LogP contribution in [0.25, 0.3) is 0 Å². The number of hydrogen-bond donors (Lipinski definition) is 0. The largest absolute Gasteiger partial charge is 0.379 e. The molecule has 0 radical (unpaired) electrons. The Labute approximate surface area is 110 Å². The van der Waals surface area contributed by atoms with Crippen molar-refractivity contribution in [2.75, 3.05) is 45.9 Å². The summed E-state index contributed by atoms with van der Waals surface area (Å²) in [6.45, 7) is 11.7. The number of nitriles is 1. The van der Waals surface area contributed by atoms with Gasteiger partial charge < -0.3 is 4.74 Å². The van der Waals surface area contributed by atoms with Crippen molar-refractivity contribution in [1.82, 2.24) is 9.80 Å². The molecule has 2 aliphatic heterocycles. The average Bonchev–Trinajstić information content (AvgIpc) is 2.37. The fraction of sp³-hybridized carbons (Fsp3) is 0.929. The fourth-order valence-corrected chi connectivity index (χ4v) is 3.06. The van der Waals surface area contributed by atoms with Crippen molar-refractivity contribution in [2.45, 2.75) is 32.2 Å². The number of morpholine rings is 1. The van der Waals surface area contributed by atoms with E-state index in [1.807, 2.05) is 0 Å². The van der Waals surface area contributed by atoms with Gasteiger partial charge >= 0.3 is 0 Å². The number of ether oxygens (including phenoxy) is 1. The van der Waals surface area contributed by atoms with Crippen LogP contribution in [-0.2, 0) is 4.74 Å². The van der Waals surface area contributed by atoms with Crippen molar-refractivity contribution in [3.63, 3.8) is 0 Å². The quantitative estimate of drug-likeness (QED) is 0.759. The number of hydrogen-bond acceptors (Lipinski definition) is 4. The molecule has 0 amide bonds. The molecular weight excluding hydrogens is 226 g/mol. The van der Waals surface area contributed by atoms with Crippen molar-refractivity contribution >= 4 is 0 Å². The molecule has 18 heavy (non-hydrogen) atoms. The lowest BCUT2D eigenvalue weighted by molar-refractivity contribution is 0.0139. The summed E-state index contributed by atoms with van der Waals surface area (Å²) in [4.78, 5) is 5.03. The Bertz CT molecular complexity index is 305. The summed E-state index contributed by atoms with van der Waals surface area (Å²) >= 11 is 0. The Balaban J connectivity index is 1.80. The van der Waals surface area contributed by atoms with E-state index in [1.165, 1.54) is 0 Å². The van der Waals surface area contributed by atoms with Crippen LogP contribution in [0, 0.1) is 17.2 Å². The third-order valence-electron chi connectivity index (χ3n) is 4.32. The predicted octanol–water partition coefficient (Wildman–Crippen LogP) is 1.33. The van der Waals surface area contributed by atoms with Crippen LogP contribution >= 0.6 is 0 Å². The maximum Gasteiger partial charge on any atom is 0.0657 e. The van der Waals surface area contributed by atoms with E-state index < -0.39 is 0 Å². The van der Waals surface area contributed by atoms with E-state index in [1.54, 1.807) is 0 Å². The van der Waals surface area contributed by atoms with E-state index in [0.717, 1.165) is 58.8 Å². The lowest BCUT2D eigenvalue weighted by Crippen LogP contribution is -2.52. The van der Waals surface area contributed by atoms with Gasteiger partial charge in [0.2, 0.25) is 0 Å². The van der Waals surface area contributed by atoms with Crippen molar-refractivity contribution in [1.29, 1.82) is 5.26 Å². The molecule has 102 valence electrons. The maximum atomic E-state index is 9.05. The van der Waals surface area contributed by atoms with Gasteiger partial charge in [-0.2, -0.15) is 5.26 Å². The summed E-state index contributed by atoms with van der Waals surface area (Å²) in [5.74, 6) is 0.250. The predicted molar refractivity (Wildman–Crippen MR) is 71.2 cm³/mol. The van der Waals surface area contributed by atoms with E-state index >= 15 is 0 Å². The first kappa shape index (κ1) is 13.8. The summed E-state index contributed by atoms with van der Waals surface area (Å²) in [6.07, 6.45) is 2.04. The standard InChI is InChI=1S/C14H25N3O/c1-14(2)11-13(12-15)3-4-17(14)6-5-16-7-9-18-10-8-16/h13H,3-11H2,1-2H3. The highest BCUT2D eigenvalue weighted by Gasteiger charge is 2.34. The van der Waals surface area contributed by atoms with Crippen molar-refractivity contribution in [3.05, 3.63) is 0 Å². The summed E-state index contributed by atoms with van der Waals surface area (Å²) < 4.78 is 5.37. The second-order valence-corrected chi connectivity index (χ2v) is 6.07. The van der Waals surface area contributed by atoms with Gasteiger partial charge in [-0.25, -0.2) is 0 Å². The minimum atomic E-state index is 0.172. The van der Waals surface area contributed by atoms with Crippen molar-refractivity contribution in [3.8, 4) is 6.07 Å². The van der Waals surface area contributed by atoms with E-state index in [-0.39, 0.29) is 11.5 Å². The minimum Gasteiger partial charge on any atom is -0.379 e. The molecule has 0 spiro atoms. The number of likely N-dealkylation sites (tertiary alicyclic amines) is 1. The van der Waals surface area contributed by atoms with Gasteiger partial charge in [0.1, 0.15) is 0 Å². The van der Waals surface area contributed by atoms with Gasteiger partial charge in [-0.3, -0.25) is 9.80 Å². The lowest BCUT2D eigenvalue weighted by atomic mass is 9.83. The second-order valence-electron chi connectivity index (χ2n) is 6.07. The molecular formula is C14H25N3O. The van der Waals surface area contributed by atoms with Gasteiger partial charge in [-0.05, 0) is 33.2 Å². The molecule has 0 N–H and O–H groups in total. The molecule has 0 aromatic heterocycles. The van der Waals surface area contributed by atoms with Gasteiger partial charge in [-0.15, -0.1) is 0 Å². The Kier molecular flexibility index (Phi) is 4.60. The highest BCUT2D eigenvalue weighted by atomic mass is 16.5. The van der Waals surface area contributed by atoms with E-state index in [4.69, 9.17) is 10.00 Å². The molecule has 0 aromatic rings. The van der Waals surface area contributed by atoms with Crippen LogP contribution in [0.15, 0.2) is 0 Å². The molecule has 4 nitrogen and oxygen atoms in total. The molecule has 2 heterocycles. The third kappa shape index (κ3) is 3.44. The first-order valence-electron chi connectivity index (χ1n) is 7.06. The monoisotopic (exact) mass is 251 g/mol. The Morgan fingerprint density at radius 3 is 2.56 bits per heavy atom. The zero-order valence-corrected chi connectivity index (χ0v) is 11.7.